The van der Waals surface area contributed by atoms with E-state index < -0.39 is 6.04 Å². The topological polar surface area (TPSA) is 72.5 Å². The molecule has 0 aromatic heterocycles. The number of hydrogen-bond acceptors (Lipinski definition) is 4. The van der Waals surface area contributed by atoms with Gasteiger partial charge in [0.1, 0.15) is 5.75 Å². The molecule has 0 saturated heterocycles. The number of Topliss-reactive ketones (excluding diaryl/α,β-unsaturated/α-hetero) is 1. The van der Waals surface area contributed by atoms with Crippen molar-refractivity contribution in [3.05, 3.63) is 29.3 Å². The zero-order chi connectivity index (χ0) is 11.5. The van der Waals surface area contributed by atoms with Crippen LogP contribution in [0.25, 0.3) is 0 Å². The molecule has 0 bridgehead atoms. The Kier molecular flexibility index (Phi) is 3.22. The number of ether oxygens (including phenoxy) is 1. The Hall–Kier alpha value is -1.39. The summed E-state index contributed by atoms with van der Waals surface area (Å²) >= 11 is 0. The normalized spacial score (nSPS) is 16.1. The lowest BCUT2D eigenvalue weighted by Gasteiger charge is -2.18. The minimum Gasteiger partial charge on any atom is -0.493 e. The van der Waals surface area contributed by atoms with Gasteiger partial charge in [-0.2, -0.15) is 0 Å². The van der Waals surface area contributed by atoms with Crippen LogP contribution in [-0.2, 0) is 6.42 Å². The molecule has 1 aromatic rings. The maximum Gasteiger partial charge on any atom is 0.181 e. The molecule has 4 heteroatoms. The smallest absolute Gasteiger partial charge is 0.181 e. The molecule has 86 valence electrons. The first-order valence-electron chi connectivity index (χ1n) is 5.38. The van der Waals surface area contributed by atoms with Gasteiger partial charge in [0.25, 0.3) is 0 Å². The van der Waals surface area contributed by atoms with E-state index in [0.29, 0.717) is 5.56 Å². The van der Waals surface area contributed by atoms with Gasteiger partial charge in [0.05, 0.1) is 19.3 Å². The largest absolute Gasteiger partial charge is 0.493 e. The number of aryl methyl sites for hydroxylation is 1. The van der Waals surface area contributed by atoms with Crippen molar-refractivity contribution in [1.29, 1.82) is 0 Å². The Labute approximate surface area is 94.0 Å². The molecule has 0 amide bonds. The third-order valence-corrected chi connectivity index (χ3v) is 2.73. The number of fused-ring (bicyclic) bond motifs is 1. The van der Waals surface area contributed by atoms with E-state index in [9.17, 15) is 4.79 Å². The van der Waals surface area contributed by atoms with Crippen molar-refractivity contribution in [2.75, 3.05) is 13.2 Å². The summed E-state index contributed by atoms with van der Waals surface area (Å²) in [6.45, 7) is 0.406. The lowest BCUT2D eigenvalue weighted by Crippen LogP contribution is -2.34. The van der Waals surface area contributed by atoms with Crippen LogP contribution in [0.1, 0.15) is 22.3 Å². The quantitative estimate of drug-likeness (QED) is 0.730. The van der Waals surface area contributed by atoms with Crippen LogP contribution in [0.15, 0.2) is 18.2 Å². The molecule has 1 atom stereocenters. The highest BCUT2D eigenvalue weighted by atomic mass is 16.5. The second-order valence-corrected chi connectivity index (χ2v) is 3.93. The average Bonchev–Trinajstić information content (AvgIpc) is 2.36. The number of aliphatic hydroxyl groups excluding tert-OH is 1. The first kappa shape index (κ1) is 11.1. The molecule has 0 radical (unpaired) electrons. The summed E-state index contributed by atoms with van der Waals surface area (Å²) in [5.74, 6) is 0.622. The first-order chi connectivity index (χ1) is 7.72. The van der Waals surface area contributed by atoms with Gasteiger partial charge in [0.15, 0.2) is 5.78 Å². The van der Waals surface area contributed by atoms with Crippen LogP contribution in [-0.4, -0.2) is 30.1 Å². The average molecular weight is 221 g/mol. The molecule has 2 rings (SSSR count). The van der Waals surface area contributed by atoms with Crippen LogP contribution in [0.4, 0.5) is 0 Å². The number of carbonyl (C=O) groups excluding carboxylic acids is 1. The number of ketones is 1. The molecule has 0 fully saturated rings. The maximum atomic E-state index is 11.7. The molecule has 3 N–H and O–H groups in total. The van der Waals surface area contributed by atoms with E-state index in [1.54, 1.807) is 12.1 Å². The third-order valence-electron chi connectivity index (χ3n) is 2.73. The number of hydrogen-bond donors (Lipinski definition) is 2. The Morgan fingerprint density at radius 2 is 2.38 bits per heavy atom. The zero-order valence-electron chi connectivity index (χ0n) is 8.98. The number of benzene rings is 1. The van der Waals surface area contributed by atoms with E-state index in [4.69, 9.17) is 15.6 Å². The summed E-state index contributed by atoms with van der Waals surface area (Å²) in [5, 5.41) is 8.83. The van der Waals surface area contributed by atoms with E-state index in [2.05, 4.69) is 0 Å². The molecule has 16 heavy (non-hydrogen) atoms. The first-order valence-corrected chi connectivity index (χ1v) is 5.38. The summed E-state index contributed by atoms with van der Waals surface area (Å²) in [5.41, 5.74) is 7.08. The molecule has 1 aliphatic heterocycles. The number of rotatable bonds is 3. The van der Waals surface area contributed by atoms with Crippen molar-refractivity contribution in [3.8, 4) is 5.75 Å². The van der Waals surface area contributed by atoms with Crippen molar-refractivity contribution >= 4 is 5.78 Å². The lowest BCUT2D eigenvalue weighted by atomic mass is 9.99. The van der Waals surface area contributed by atoms with Crippen molar-refractivity contribution < 1.29 is 14.6 Å². The van der Waals surface area contributed by atoms with E-state index in [1.807, 2.05) is 6.07 Å². The predicted molar refractivity (Wildman–Crippen MR) is 59.6 cm³/mol. The Morgan fingerprint density at radius 1 is 1.56 bits per heavy atom. The van der Waals surface area contributed by atoms with Crippen molar-refractivity contribution in [2.24, 2.45) is 5.73 Å². The molecular weight excluding hydrogens is 206 g/mol. The number of aliphatic hydroxyl groups is 1. The van der Waals surface area contributed by atoms with Crippen LogP contribution in [0.5, 0.6) is 5.75 Å². The van der Waals surface area contributed by atoms with Gasteiger partial charge in [-0.3, -0.25) is 4.79 Å². The number of nitrogens with two attached hydrogens (primary N) is 1. The fourth-order valence-corrected chi connectivity index (χ4v) is 1.81. The van der Waals surface area contributed by atoms with Crippen LogP contribution >= 0.6 is 0 Å². The fraction of sp³-hybridized carbons (Fsp3) is 0.417. The van der Waals surface area contributed by atoms with Gasteiger partial charge in [0.2, 0.25) is 0 Å². The minimum atomic E-state index is -0.831. The molecule has 0 spiro atoms. The fourth-order valence-electron chi connectivity index (χ4n) is 1.81. The summed E-state index contributed by atoms with van der Waals surface area (Å²) in [6, 6.07) is 4.47. The second kappa shape index (κ2) is 4.63. The molecule has 1 heterocycles. The Morgan fingerprint density at radius 3 is 3.12 bits per heavy atom. The molecule has 4 nitrogen and oxygen atoms in total. The Bertz CT molecular complexity index is 403. The summed E-state index contributed by atoms with van der Waals surface area (Å²) in [7, 11) is 0. The van der Waals surface area contributed by atoms with Crippen LogP contribution in [0, 0.1) is 0 Å². The van der Waals surface area contributed by atoms with Gasteiger partial charge < -0.3 is 15.6 Å². The van der Waals surface area contributed by atoms with E-state index in [-0.39, 0.29) is 12.4 Å². The molecule has 0 saturated carbocycles. The molecule has 1 aliphatic rings. The molecule has 1 unspecified atom stereocenters. The zero-order valence-corrected chi connectivity index (χ0v) is 8.98. The monoisotopic (exact) mass is 221 g/mol. The van der Waals surface area contributed by atoms with E-state index >= 15 is 0 Å². The molecular formula is C12H15NO3. The van der Waals surface area contributed by atoms with E-state index in [0.717, 1.165) is 30.8 Å². The van der Waals surface area contributed by atoms with Crippen LogP contribution in [0.2, 0.25) is 0 Å². The lowest BCUT2D eigenvalue weighted by molar-refractivity contribution is 0.0925. The van der Waals surface area contributed by atoms with Crippen molar-refractivity contribution in [3.63, 3.8) is 0 Å². The number of carbonyl (C=O) groups is 1. The van der Waals surface area contributed by atoms with Crippen LogP contribution in [0.3, 0.4) is 0 Å². The van der Waals surface area contributed by atoms with Crippen molar-refractivity contribution in [2.45, 2.75) is 18.9 Å². The van der Waals surface area contributed by atoms with Crippen LogP contribution < -0.4 is 10.5 Å². The third kappa shape index (κ3) is 2.08. The van der Waals surface area contributed by atoms with Gasteiger partial charge in [-0.25, -0.2) is 0 Å². The highest BCUT2D eigenvalue weighted by Gasteiger charge is 2.17. The highest BCUT2D eigenvalue weighted by molar-refractivity contribution is 6.00. The minimum absolute atomic E-state index is 0.226. The van der Waals surface area contributed by atoms with Gasteiger partial charge in [-0.05, 0) is 36.6 Å². The van der Waals surface area contributed by atoms with Gasteiger partial charge >= 0.3 is 0 Å². The molecule has 0 aliphatic carbocycles. The second-order valence-electron chi connectivity index (χ2n) is 3.93. The standard InChI is InChI=1S/C12H15NO3/c13-10(7-14)12(15)9-3-4-11-8(6-9)2-1-5-16-11/h3-4,6,10,14H,1-2,5,7,13H2. The summed E-state index contributed by atoms with van der Waals surface area (Å²) in [4.78, 5) is 11.7. The molecule has 1 aromatic carbocycles. The Balaban J connectivity index is 2.26. The maximum absolute atomic E-state index is 11.7. The van der Waals surface area contributed by atoms with Gasteiger partial charge in [-0.1, -0.05) is 0 Å². The van der Waals surface area contributed by atoms with E-state index in [1.165, 1.54) is 0 Å². The predicted octanol–water partition coefficient (Wildman–Crippen LogP) is 0.514. The van der Waals surface area contributed by atoms with Gasteiger partial charge in [0, 0.05) is 5.56 Å². The summed E-state index contributed by atoms with van der Waals surface area (Å²) in [6.07, 6.45) is 1.89. The summed E-state index contributed by atoms with van der Waals surface area (Å²) < 4.78 is 5.45. The van der Waals surface area contributed by atoms with Gasteiger partial charge in [-0.15, -0.1) is 0 Å². The van der Waals surface area contributed by atoms with Crippen molar-refractivity contribution in [1.82, 2.24) is 0 Å². The SMILES string of the molecule is NC(CO)C(=O)c1ccc2c(c1)CCCO2. The highest BCUT2D eigenvalue weighted by Crippen LogP contribution is 2.25.